The van der Waals surface area contributed by atoms with Gasteiger partial charge >= 0.3 is 6.03 Å². The largest absolute Gasteiger partial charge is 0.351 e. The van der Waals surface area contributed by atoms with Gasteiger partial charge in [0.15, 0.2) is 0 Å². The second-order valence-electron chi connectivity index (χ2n) is 1.82. The van der Waals surface area contributed by atoms with Gasteiger partial charge in [0.25, 0.3) is 0 Å². The number of hydrogen-bond donors (Lipinski definition) is 1. The first-order valence-electron chi connectivity index (χ1n) is 2.57. The summed E-state index contributed by atoms with van der Waals surface area (Å²) < 4.78 is 0. The van der Waals surface area contributed by atoms with Crippen LogP contribution in [-0.4, -0.2) is 16.8 Å². The molecular formula is C5H8N2OS. The zero-order chi connectivity index (χ0) is 6.85. The summed E-state index contributed by atoms with van der Waals surface area (Å²) in [7, 11) is 0. The number of rotatable bonds is 0. The normalized spacial score (nSPS) is 17.9. The molecule has 0 fully saturated rings. The highest BCUT2D eigenvalue weighted by atomic mass is 32.2. The lowest BCUT2D eigenvalue weighted by molar-refractivity contribution is 0.230. The van der Waals surface area contributed by atoms with Crippen LogP contribution in [0.5, 0.6) is 0 Å². The van der Waals surface area contributed by atoms with Gasteiger partial charge < -0.3 is 5.73 Å². The number of thioether (sulfide) groups is 1. The Morgan fingerprint density at radius 2 is 2.67 bits per heavy atom. The fourth-order valence-electron chi connectivity index (χ4n) is 0.593. The van der Waals surface area contributed by atoms with Crippen molar-refractivity contribution in [2.75, 3.05) is 5.88 Å². The SMILES string of the molecule is CC1=CN(C(N)=O)CS1. The summed E-state index contributed by atoms with van der Waals surface area (Å²) in [5.41, 5.74) is 4.99. The van der Waals surface area contributed by atoms with E-state index in [0.717, 1.165) is 4.91 Å². The first-order valence-corrected chi connectivity index (χ1v) is 3.56. The minimum Gasteiger partial charge on any atom is -0.351 e. The number of allylic oxidation sites excluding steroid dienone is 1. The standard InChI is InChI=1S/C5H8N2OS/c1-4-2-7(3-9-4)5(6)8/h2H,3H2,1H3,(H2,6,8). The summed E-state index contributed by atoms with van der Waals surface area (Å²) in [4.78, 5) is 13.1. The third-order valence-corrected chi connectivity index (χ3v) is 2.02. The van der Waals surface area contributed by atoms with Gasteiger partial charge in [0.1, 0.15) is 0 Å². The van der Waals surface area contributed by atoms with Gasteiger partial charge in [-0.3, -0.25) is 4.90 Å². The number of urea groups is 1. The van der Waals surface area contributed by atoms with E-state index in [0.29, 0.717) is 5.88 Å². The predicted octanol–water partition coefficient (Wildman–Crippen LogP) is 0.933. The molecule has 0 aromatic carbocycles. The van der Waals surface area contributed by atoms with Gasteiger partial charge in [-0.25, -0.2) is 4.79 Å². The first kappa shape index (κ1) is 6.48. The maximum Gasteiger partial charge on any atom is 0.319 e. The number of hydrogen-bond acceptors (Lipinski definition) is 2. The Labute approximate surface area is 57.9 Å². The molecule has 0 aromatic rings. The lowest BCUT2D eigenvalue weighted by atomic mass is 10.6. The van der Waals surface area contributed by atoms with Crippen molar-refractivity contribution in [2.24, 2.45) is 5.73 Å². The first-order chi connectivity index (χ1) is 4.20. The Hall–Kier alpha value is -0.640. The second kappa shape index (κ2) is 2.31. The Morgan fingerprint density at radius 1 is 2.00 bits per heavy atom. The van der Waals surface area contributed by atoms with E-state index in [1.54, 1.807) is 18.0 Å². The molecule has 1 heterocycles. The molecule has 0 saturated carbocycles. The highest BCUT2D eigenvalue weighted by Gasteiger charge is 2.12. The topological polar surface area (TPSA) is 46.3 Å². The van der Waals surface area contributed by atoms with Gasteiger partial charge in [0, 0.05) is 6.20 Å². The highest BCUT2D eigenvalue weighted by Crippen LogP contribution is 2.23. The van der Waals surface area contributed by atoms with Crippen molar-refractivity contribution in [3.63, 3.8) is 0 Å². The van der Waals surface area contributed by atoms with Crippen LogP contribution in [0, 0.1) is 0 Å². The van der Waals surface area contributed by atoms with Crippen LogP contribution in [0.15, 0.2) is 11.1 Å². The molecule has 1 aliphatic heterocycles. The second-order valence-corrected chi connectivity index (χ2v) is 3.01. The molecule has 0 bridgehead atoms. The van der Waals surface area contributed by atoms with Crippen LogP contribution in [0.25, 0.3) is 0 Å². The fourth-order valence-corrected chi connectivity index (χ4v) is 1.34. The molecule has 1 rings (SSSR count). The number of amides is 2. The smallest absolute Gasteiger partial charge is 0.319 e. The monoisotopic (exact) mass is 144 g/mol. The predicted molar refractivity (Wildman–Crippen MR) is 37.6 cm³/mol. The van der Waals surface area contributed by atoms with E-state index in [1.165, 1.54) is 4.90 Å². The molecule has 0 saturated heterocycles. The molecule has 0 radical (unpaired) electrons. The molecule has 9 heavy (non-hydrogen) atoms. The van der Waals surface area contributed by atoms with Crippen LogP contribution in [0.3, 0.4) is 0 Å². The van der Waals surface area contributed by atoms with Crippen molar-refractivity contribution in [1.29, 1.82) is 0 Å². The third-order valence-electron chi connectivity index (χ3n) is 1.05. The van der Waals surface area contributed by atoms with Gasteiger partial charge in [0.05, 0.1) is 5.88 Å². The Morgan fingerprint density at radius 3 is 2.89 bits per heavy atom. The van der Waals surface area contributed by atoms with E-state index < -0.39 is 0 Å². The van der Waals surface area contributed by atoms with E-state index in [9.17, 15) is 4.79 Å². The van der Waals surface area contributed by atoms with Crippen LogP contribution in [0.2, 0.25) is 0 Å². The molecule has 3 nitrogen and oxygen atoms in total. The van der Waals surface area contributed by atoms with E-state index in [-0.39, 0.29) is 6.03 Å². The lowest BCUT2D eigenvalue weighted by Crippen LogP contribution is -2.28. The Bertz CT molecular complexity index is 166. The van der Waals surface area contributed by atoms with Gasteiger partial charge in [0.2, 0.25) is 0 Å². The maximum atomic E-state index is 10.4. The van der Waals surface area contributed by atoms with Crippen LogP contribution >= 0.6 is 11.8 Å². The van der Waals surface area contributed by atoms with Gasteiger partial charge in [-0.2, -0.15) is 0 Å². The van der Waals surface area contributed by atoms with E-state index >= 15 is 0 Å². The Kier molecular flexibility index (Phi) is 1.66. The minimum atomic E-state index is -0.376. The summed E-state index contributed by atoms with van der Waals surface area (Å²) in [5.74, 6) is 0.668. The molecule has 2 N–H and O–H groups in total. The summed E-state index contributed by atoms with van der Waals surface area (Å²) in [6.45, 7) is 1.95. The summed E-state index contributed by atoms with van der Waals surface area (Å²) >= 11 is 1.62. The average molecular weight is 144 g/mol. The van der Waals surface area contributed by atoms with Crippen molar-refractivity contribution >= 4 is 17.8 Å². The van der Waals surface area contributed by atoms with E-state index in [4.69, 9.17) is 5.73 Å². The Balaban J connectivity index is 2.57. The highest BCUT2D eigenvalue weighted by molar-refractivity contribution is 8.03. The molecule has 2 amide bonds. The van der Waals surface area contributed by atoms with Crippen molar-refractivity contribution < 1.29 is 4.79 Å². The minimum absolute atomic E-state index is 0.376. The van der Waals surface area contributed by atoms with Crippen molar-refractivity contribution in [3.05, 3.63) is 11.1 Å². The molecule has 0 spiro atoms. The third kappa shape index (κ3) is 1.38. The van der Waals surface area contributed by atoms with E-state index in [1.807, 2.05) is 6.92 Å². The van der Waals surface area contributed by atoms with Crippen molar-refractivity contribution in [2.45, 2.75) is 6.92 Å². The molecular weight excluding hydrogens is 136 g/mol. The summed E-state index contributed by atoms with van der Waals surface area (Å²) in [6.07, 6.45) is 1.76. The van der Waals surface area contributed by atoms with Gasteiger partial charge in [-0.05, 0) is 11.8 Å². The van der Waals surface area contributed by atoms with Crippen LogP contribution < -0.4 is 5.73 Å². The van der Waals surface area contributed by atoms with Gasteiger partial charge in [-0.1, -0.05) is 0 Å². The zero-order valence-corrected chi connectivity index (χ0v) is 5.94. The molecule has 1 aliphatic rings. The molecule has 0 aromatic heterocycles. The summed E-state index contributed by atoms with van der Waals surface area (Å²) in [6, 6.07) is -0.376. The number of nitrogens with zero attached hydrogens (tertiary/aromatic N) is 1. The zero-order valence-electron chi connectivity index (χ0n) is 5.13. The molecule has 0 aliphatic carbocycles. The number of carbonyl (C=O) groups excluding carboxylic acids is 1. The quantitative estimate of drug-likeness (QED) is 0.549. The summed E-state index contributed by atoms with van der Waals surface area (Å²) in [5, 5.41) is 0. The molecule has 4 heteroatoms. The lowest BCUT2D eigenvalue weighted by Gasteiger charge is -2.05. The van der Waals surface area contributed by atoms with Gasteiger partial charge in [-0.15, -0.1) is 11.8 Å². The van der Waals surface area contributed by atoms with Crippen LogP contribution in [0.1, 0.15) is 6.92 Å². The van der Waals surface area contributed by atoms with Crippen molar-refractivity contribution in [3.8, 4) is 0 Å². The fraction of sp³-hybridized carbons (Fsp3) is 0.400. The van der Waals surface area contributed by atoms with Crippen LogP contribution in [-0.2, 0) is 0 Å². The van der Waals surface area contributed by atoms with Crippen molar-refractivity contribution in [1.82, 2.24) is 4.90 Å². The molecule has 0 atom stereocenters. The van der Waals surface area contributed by atoms with Crippen LogP contribution in [0.4, 0.5) is 4.79 Å². The van der Waals surface area contributed by atoms with E-state index in [2.05, 4.69) is 0 Å². The molecule has 0 unspecified atom stereocenters. The number of primary amides is 1. The molecule has 50 valence electrons. The number of nitrogens with two attached hydrogens (primary N) is 1. The average Bonchev–Trinajstić information content (AvgIpc) is 2.14. The number of carbonyl (C=O) groups is 1. The maximum absolute atomic E-state index is 10.4.